The van der Waals surface area contributed by atoms with E-state index in [1.807, 2.05) is 0 Å². The number of benzene rings is 1. The molecule has 6 atom stereocenters. The quantitative estimate of drug-likeness (QED) is 0.159. The Bertz CT molecular complexity index is 1400. The fourth-order valence-corrected chi connectivity index (χ4v) is 4.84. The maximum Gasteiger partial charge on any atom is 0.469 e. The van der Waals surface area contributed by atoms with E-state index in [1.54, 1.807) is 30.3 Å². The maximum atomic E-state index is 12.6. The van der Waals surface area contributed by atoms with E-state index in [0.29, 0.717) is 5.56 Å². The predicted molar refractivity (Wildman–Crippen MR) is 132 cm³/mol. The highest BCUT2D eigenvalue weighted by Gasteiger charge is 2.45. The monoisotopic (exact) mass is 588 g/mol. The summed E-state index contributed by atoms with van der Waals surface area (Å²) in [5.74, 6) is -1.37. The average molecular weight is 588 g/mol. The minimum atomic E-state index is -4.84. The van der Waals surface area contributed by atoms with Crippen LogP contribution in [0.5, 0.6) is 0 Å². The number of hydrogen-bond acceptors (Lipinski definition) is 11. The van der Waals surface area contributed by atoms with Crippen molar-refractivity contribution in [1.29, 1.82) is 0 Å². The number of nitrogens with zero attached hydrogens (tertiary/aromatic N) is 4. The van der Waals surface area contributed by atoms with E-state index in [4.69, 9.17) is 19.0 Å². The number of imidazole rings is 1. The van der Waals surface area contributed by atoms with Crippen molar-refractivity contribution in [3.05, 3.63) is 48.5 Å². The van der Waals surface area contributed by atoms with Gasteiger partial charge in [0.25, 0.3) is 0 Å². The predicted octanol–water partition coefficient (Wildman–Crippen LogP) is 0.424. The van der Waals surface area contributed by atoms with Gasteiger partial charge in [-0.3, -0.25) is 19.0 Å². The third kappa shape index (κ3) is 7.04. The van der Waals surface area contributed by atoms with E-state index < -0.39 is 58.4 Å². The second-order valence-electron chi connectivity index (χ2n) is 8.48. The number of aliphatic hydroxyl groups excluding tert-OH is 2. The van der Waals surface area contributed by atoms with Gasteiger partial charge >= 0.3 is 21.4 Å². The van der Waals surface area contributed by atoms with Gasteiger partial charge in [0.15, 0.2) is 23.2 Å². The van der Waals surface area contributed by atoms with Crippen LogP contribution in [0.1, 0.15) is 18.7 Å². The normalized spacial score (nSPS) is 23.8. The SMILES string of the molecule is CC(NC(=O)Nc1ncnc2c1ncn2[C@@H]1O[C@H](COP(=O)(O)O)[C@@H](O)[C@H]1O)P(=O)(O)OCc1ccccc1. The van der Waals surface area contributed by atoms with Crippen LogP contribution in [-0.2, 0) is 29.5 Å². The first-order chi connectivity index (χ1) is 18.4. The van der Waals surface area contributed by atoms with E-state index in [-0.39, 0.29) is 23.6 Å². The van der Waals surface area contributed by atoms with Crippen LogP contribution in [0, 0.1) is 0 Å². The van der Waals surface area contributed by atoms with Gasteiger partial charge in [-0.2, -0.15) is 0 Å². The topological polar surface area (TPSA) is 248 Å². The molecular weight excluding hydrogens is 562 g/mol. The van der Waals surface area contributed by atoms with Crippen molar-refractivity contribution in [1.82, 2.24) is 24.8 Å². The molecule has 19 heteroatoms. The van der Waals surface area contributed by atoms with Crippen molar-refractivity contribution in [3.8, 4) is 0 Å². The Morgan fingerprint density at radius 1 is 1.10 bits per heavy atom. The van der Waals surface area contributed by atoms with Crippen molar-refractivity contribution in [2.45, 2.75) is 43.9 Å². The van der Waals surface area contributed by atoms with Crippen LogP contribution in [0.25, 0.3) is 11.2 Å². The standard InChI is InChI=1S/C20H26N6O11P2/c1-11(38(30,31)35-7-12-5-3-2-4-6-12)24-20(29)25-17-14-18(22-9-21-17)26(10-23-14)19-16(28)15(27)13(37-19)8-36-39(32,33)34/h2-6,9-11,13,15-16,19,27-28H,7-8H2,1H3,(H,30,31)(H2,32,33,34)(H2,21,22,24,25,29)/t11?,13-,15-,16-,19-/m1/s1. The number of aromatic nitrogens is 4. The molecule has 0 radical (unpaired) electrons. The number of aliphatic hydroxyl groups is 2. The number of urea groups is 1. The first kappa shape index (κ1) is 29.2. The van der Waals surface area contributed by atoms with Crippen LogP contribution < -0.4 is 10.6 Å². The lowest BCUT2D eigenvalue weighted by Crippen LogP contribution is -2.36. The molecule has 2 aromatic heterocycles. The van der Waals surface area contributed by atoms with Crippen molar-refractivity contribution in [3.63, 3.8) is 0 Å². The number of rotatable bonds is 10. The third-order valence-corrected chi connectivity index (χ3v) is 7.79. The van der Waals surface area contributed by atoms with Gasteiger partial charge in [-0.15, -0.1) is 0 Å². The molecule has 3 heterocycles. The number of carbonyl (C=O) groups excluding carboxylic acids is 1. The second kappa shape index (κ2) is 11.7. The molecule has 1 saturated heterocycles. The molecule has 4 rings (SSSR count). The number of carbonyl (C=O) groups is 1. The summed E-state index contributed by atoms with van der Waals surface area (Å²) >= 11 is 0. The molecule has 0 bridgehead atoms. The summed E-state index contributed by atoms with van der Waals surface area (Å²) in [6.07, 6.45) is -3.38. The van der Waals surface area contributed by atoms with E-state index >= 15 is 0 Å². The molecule has 1 fully saturated rings. The zero-order valence-corrected chi connectivity index (χ0v) is 22.0. The molecule has 2 amide bonds. The van der Waals surface area contributed by atoms with E-state index in [2.05, 4.69) is 30.1 Å². The van der Waals surface area contributed by atoms with Crippen LogP contribution in [0.15, 0.2) is 43.0 Å². The number of fused-ring (bicyclic) bond motifs is 1. The summed E-state index contributed by atoms with van der Waals surface area (Å²) < 4.78 is 39.8. The first-order valence-corrected chi connectivity index (χ1v) is 14.5. The Labute approximate surface area is 220 Å². The van der Waals surface area contributed by atoms with Crippen molar-refractivity contribution >= 4 is 38.4 Å². The minimum absolute atomic E-state index is 0.0491. The van der Waals surface area contributed by atoms with Gasteiger partial charge in [0.1, 0.15) is 30.4 Å². The number of nitrogens with one attached hydrogen (secondary N) is 2. The number of amides is 2. The van der Waals surface area contributed by atoms with Crippen LogP contribution in [-0.4, -0.2) is 81.1 Å². The van der Waals surface area contributed by atoms with Gasteiger partial charge in [-0.05, 0) is 12.5 Å². The van der Waals surface area contributed by atoms with Crippen LogP contribution in [0.2, 0.25) is 0 Å². The van der Waals surface area contributed by atoms with Gasteiger partial charge in [-0.1, -0.05) is 30.3 Å². The molecular formula is C20H26N6O11P2. The van der Waals surface area contributed by atoms with Crippen molar-refractivity contribution in [2.75, 3.05) is 11.9 Å². The summed E-state index contributed by atoms with van der Waals surface area (Å²) in [5, 5.41) is 25.4. The third-order valence-electron chi connectivity index (χ3n) is 5.70. The molecule has 1 aliphatic rings. The van der Waals surface area contributed by atoms with Crippen LogP contribution >= 0.6 is 15.4 Å². The highest BCUT2D eigenvalue weighted by Crippen LogP contribution is 2.47. The molecule has 1 aliphatic heterocycles. The molecule has 7 N–H and O–H groups in total. The zero-order valence-electron chi connectivity index (χ0n) is 20.2. The van der Waals surface area contributed by atoms with Crippen LogP contribution in [0.3, 0.4) is 0 Å². The summed E-state index contributed by atoms with van der Waals surface area (Å²) in [6, 6.07) is 7.84. The maximum absolute atomic E-state index is 12.6. The Morgan fingerprint density at radius 3 is 2.51 bits per heavy atom. The molecule has 39 heavy (non-hydrogen) atoms. The van der Waals surface area contributed by atoms with Crippen LogP contribution in [0.4, 0.5) is 10.6 Å². The molecule has 0 aliphatic carbocycles. The highest BCUT2D eigenvalue weighted by molar-refractivity contribution is 7.53. The Morgan fingerprint density at radius 2 is 1.82 bits per heavy atom. The number of phosphoric ester groups is 1. The Kier molecular flexibility index (Phi) is 8.78. The molecule has 3 aromatic rings. The lowest BCUT2D eigenvalue weighted by Gasteiger charge is -2.20. The zero-order chi connectivity index (χ0) is 28.4. The summed E-state index contributed by atoms with van der Waals surface area (Å²) in [5.41, 5.74) is 0.792. The molecule has 212 valence electrons. The van der Waals surface area contributed by atoms with E-state index in [1.165, 1.54) is 17.8 Å². The van der Waals surface area contributed by atoms with Crippen molar-refractivity contribution < 1.29 is 52.6 Å². The molecule has 17 nitrogen and oxygen atoms in total. The molecule has 0 saturated carbocycles. The summed E-state index contributed by atoms with van der Waals surface area (Å²) in [7, 11) is -9.10. The van der Waals surface area contributed by atoms with Gasteiger partial charge < -0.3 is 39.5 Å². The van der Waals surface area contributed by atoms with Crippen molar-refractivity contribution in [2.24, 2.45) is 0 Å². The van der Waals surface area contributed by atoms with Gasteiger partial charge in [0.2, 0.25) is 0 Å². The molecule has 2 unspecified atom stereocenters. The lowest BCUT2D eigenvalue weighted by atomic mass is 10.1. The molecule has 1 aromatic carbocycles. The fraction of sp³-hybridized carbons (Fsp3) is 0.400. The Hall–Kier alpha value is -2.82. The summed E-state index contributed by atoms with van der Waals surface area (Å²) in [4.78, 5) is 52.7. The number of hydrogen-bond donors (Lipinski definition) is 7. The van der Waals surface area contributed by atoms with Gasteiger partial charge in [0, 0.05) is 0 Å². The van der Waals surface area contributed by atoms with E-state index in [0.717, 1.165) is 6.33 Å². The fourth-order valence-electron chi connectivity index (χ4n) is 3.66. The largest absolute Gasteiger partial charge is 0.469 e. The first-order valence-electron chi connectivity index (χ1n) is 11.3. The van der Waals surface area contributed by atoms with Gasteiger partial charge in [-0.25, -0.2) is 24.3 Å². The lowest BCUT2D eigenvalue weighted by molar-refractivity contribution is -0.0504. The highest BCUT2D eigenvalue weighted by atomic mass is 31.2. The minimum Gasteiger partial charge on any atom is -0.387 e. The number of phosphoric acid groups is 1. The number of ether oxygens (including phenoxy) is 1. The van der Waals surface area contributed by atoms with Gasteiger partial charge in [0.05, 0.1) is 19.5 Å². The molecule has 0 spiro atoms. The smallest absolute Gasteiger partial charge is 0.387 e. The number of anilines is 1. The average Bonchev–Trinajstić information content (AvgIpc) is 3.43. The summed E-state index contributed by atoms with van der Waals surface area (Å²) in [6.45, 7) is 0.463. The Balaban J connectivity index is 1.42. The van der Waals surface area contributed by atoms with E-state index in [9.17, 15) is 29.0 Å². The second-order valence-corrected chi connectivity index (χ2v) is 11.9.